The fraction of sp³-hybridized carbons (Fsp3) is 0.278. The van der Waals surface area contributed by atoms with Gasteiger partial charge >= 0.3 is 0 Å². The first-order valence-electron chi connectivity index (χ1n) is 8.24. The number of nitrogens with one attached hydrogen (secondary N) is 2. The molecular weight excluding hydrogens is 393 g/mol. The third-order valence-electron chi connectivity index (χ3n) is 4.43. The topological polar surface area (TPSA) is 78.5 Å². The molecule has 9 heteroatoms. The van der Waals surface area contributed by atoms with Crippen LogP contribution in [0.25, 0.3) is 0 Å². The summed E-state index contributed by atoms with van der Waals surface area (Å²) in [5, 5.41) is 3.20. The molecule has 1 heterocycles. The number of benzene rings is 2. The van der Waals surface area contributed by atoms with Gasteiger partial charge in [-0.05, 0) is 49.4 Å². The van der Waals surface area contributed by atoms with Gasteiger partial charge in [-0.1, -0.05) is 12.1 Å². The Balaban J connectivity index is 0.00000261. The van der Waals surface area contributed by atoms with Crippen molar-refractivity contribution in [3.8, 4) is 0 Å². The van der Waals surface area contributed by atoms with Gasteiger partial charge in [-0.2, -0.15) is 0 Å². The van der Waals surface area contributed by atoms with Crippen molar-refractivity contribution in [2.24, 2.45) is 0 Å². The SMILES string of the molecule is CN(C(=O)c1ccc(S(=O)(=O)Nc2ccccc2F)cc1)C1CCNC1.Cl. The van der Waals surface area contributed by atoms with Crippen LogP contribution in [0.15, 0.2) is 53.4 Å². The second-order valence-corrected chi connectivity index (χ2v) is 7.85. The molecule has 146 valence electrons. The average Bonchev–Trinajstić information content (AvgIpc) is 3.17. The fourth-order valence-electron chi connectivity index (χ4n) is 2.86. The molecule has 0 saturated carbocycles. The summed E-state index contributed by atoms with van der Waals surface area (Å²) in [4.78, 5) is 14.1. The molecule has 1 amide bonds. The zero-order valence-corrected chi connectivity index (χ0v) is 16.3. The molecule has 2 aromatic carbocycles. The second-order valence-electron chi connectivity index (χ2n) is 6.17. The Bertz CT molecular complexity index is 900. The van der Waals surface area contributed by atoms with E-state index < -0.39 is 15.8 Å². The minimum Gasteiger partial charge on any atom is -0.337 e. The molecule has 0 aromatic heterocycles. The minimum atomic E-state index is -3.94. The number of hydrogen-bond acceptors (Lipinski definition) is 4. The molecule has 1 atom stereocenters. The summed E-state index contributed by atoms with van der Waals surface area (Å²) >= 11 is 0. The maximum atomic E-state index is 13.7. The number of halogens is 2. The van der Waals surface area contributed by atoms with Gasteiger partial charge in [0, 0.05) is 25.2 Å². The van der Waals surface area contributed by atoms with E-state index in [4.69, 9.17) is 0 Å². The summed E-state index contributed by atoms with van der Waals surface area (Å²) < 4.78 is 40.7. The van der Waals surface area contributed by atoms with Gasteiger partial charge in [-0.3, -0.25) is 9.52 Å². The maximum absolute atomic E-state index is 13.7. The Morgan fingerprint density at radius 1 is 1.19 bits per heavy atom. The summed E-state index contributed by atoms with van der Waals surface area (Å²) in [5.74, 6) is -0.820. The van der Waals surface area contributed by atoms with Crippen molar-refractivity contribution < 1.29 is 17.6 Å². The molecule has 1 fully saturated rings. The van der Waals surface area contributed by atoms with E-state index in [1.54, 1.807) is 11.9 Å². The molecule has 0 radical (unpaired) electrons. The molecular formula is C18H21ClFN3O3S. The van der Waals surface area contributed by atoms with Crippen LogP contribution in [-0.4, -0.2) is 45.4 Å². The predicted molar refractivity (Wildman–Crippen MR) is 104 cm³/mol. The number of sulfonamides is 1. The molecule has 1 unspecified atom stereocenters. The summed E-state index contributed by atoms with van der Waals surface area (Å²) in [6.45, 7) is 1.63. The maximum Gasteiger partial charge on any atom is 0.261 e. The molecule has 27 heavy (non-hydrogen) atoms. The van der Waals surface area contributed by atoms with Crippen LogP contribution in [0.1, 0.15) is 16.8 Å². The highest BCUT2D eigenvalue weighted by Crippen LogP contribution is 2.20. The summed E-state index contributed by atoms with van der Waals surface area (Å²) in [6, 6.07) is 11.3. The molecule has 1 aliphatic rings. The zero-order chi connectivity index (χ0) is 18.7. The van der Waals surface area contributed by atoms with Crippen LogP contribution in [-0.2, 0) is 10.0 Å². The van der Waals surface area contributed by atoms with Gasteiger partial charge in [0.15, 0.2) is 0 Å². The fourth-order valence-corrected chi connectivity index (χ4v) is 3.93. The van der Waals surface area contributed by atoms with Crippen molar-refractivity contribution in [3.05, 3.63) is 59.9 Å². The van der Waals surface area contributed by atoms with Gasteiger partial charge in [-0.15, -0.1) is 12.4 Å². The summed E-state index contributed by atoms with van der Waals surface area (Å²) in [5.41, 5.74) is 0.283. The summed E-state index contributed by atoms with van der Waals surface area (Å²) in [7, 11) is -2.20. The highest BCUT2D eigenvalue weighted by Gasteiger charge is 2.24. The third-order valence-corrected chi connectivity index (χ3v) is 5.81. The predicted octanol–water partition coefficient (Wildman–Crippen LogP) is 2.48. The first-order valence-corrected chi connectivity index (χ1v) is 9.72. The van der Waals surface area contributed by atoms with Gasteiger partial charge in [0.25, 0.3) is 15.9 Å². The standard InChI is InChI=1S/C18H20FN3O3S.ClH/c1-22(14-10-11-20-12-14)18(23)13-6-8-15(9-7-13)26(24,25)21-17-5-3-2-4-16(17)19;/h2-9,14,20-21H,10-12H2,1H3;1H. The molecule has 0 aliphatic carbocycles. The van der Waals surface area contributed by atoms with Gasteiger partial charge in [0.1, 0.15) is 5.82 Å². The smallest absolute Gasteiger partial charge is 0.261 e. The normalized spacial score (nSPS) is 16.4. The lowest BCUT2D eigenvalue weighted by atomic mass is 10.1. The Labute approximate surface area is 164 Å². The van der Waals surface area contributed by atoms with Gasteiger partial charge in [0.2, 0.25) is 0 Å². The van der Waals surface area contributed by atoms with E-state index >= 15 is 0 Å². The molecule has 3 rings (SSSR count). The van der Waals surface area contributed by atoms with Crippen molar-refractivity contribution in [1.29, 1.82) is 0 Å². The van der Waals surface area contributed by atoms with Crippen molar-refractivity contribution in [2.75, 3.05) is 24.9 Å². The van der Waals surface area contributed by atoms with Crippen LogP contribution in [0.4, 0.5) is 10.1 Å². The molecule has 6 nitrogen and oxygen atoms in total. The van der Waals surface area contributed by atoms with E-state index in [1.807, 2.05) is 0 Å². The van der Waals surface area contributed by atoms with Gasteiger partial charge in [-0.25, -0.2) is 12.8 Å². The van der Waals surface area contributed by atoms with E-state index in [-0.39, 0.29) is 34.9 Å². The van der Waals surface area contributed by atoms with Gasteiger partial charge in [0.05, 0.1) is 10.6 Å². The molecule has 2 aromatic rings. The molecule has 0 spiro atoms. The van der Waals surface area contributed by atoms with Crippen molar-refractivity contribution >= 4 is 34.0 Å². The van der Waals surface area contributed by atoms with Crippen LogP contribution in [0.5, 0.6) is 0 Å². The summed E-state index contributed by atoms with van der Waals surface area (Å²) in [6.07, 6.45) is 0.890. The highest BCUT2D eigenvalue weighted by molar-refractivity contribution is 7.92. The number of para-hydroxylation sites is 1. The molecule has 0 bridgehead atoms. The van der Waals surface area contributed by atoms with Crippen molar-refractivity contribution in [1.82, 2.24) is 10.2 Å². The van der Waals surface area contributed by atoms with Crippen LogP contribution >= 0.6 is 12.4 Å². The third kappa shape index (κ3) is 4.77. The highest BCUT2D eigenvalue weighted by atomic mass is 35.5. The van der Waals surface area contributed by atoms with Crippen LogP contribution in [0.3, 0.4) is 0 Å². The van der Waals surface area contributed by atoms with Crippen molar-refractivity contribution in [3.63, 3.8) is 0 Å². The largest absolute Gasteiger partial charge is 0.337 e. The number of carbonyl (C=O) groups is 1. The number of anilines is 1. The van der Waals surface area contributed by atoms with Crippen LogP contribution < -0.4 is 10.0 Å². The van der Waals surface area contributed by atoms with E-state index in [0.717, 1.165) is 19.5 Å². The second kappa shape index (κ2) is 8.69. The first-order chi connectivity index (χ1) is 12.4. The number of rotatable bonds is 5. The van der Waals surface area contributed by atoms with E-state index in [9.17, 15) is 17.6 Å². The Morgan fingerprint density at radius 2 is 1.85 bits per heavy atom. The van der Waals surface area contributed by atoms with E-state index in [2.05, 4.69) is 10.0 Å². The lowest BCUT2D eigenvalue weighted by Crippen LogP contribution is -2.38. The first kappa shape index (κ1) is 21.1. The number of nitrogens with zero attached hydrogens (tertiary/aromatic N) is 1. The van der Waals surface area contributed by atoms with Crippen LogP contribution in [0.2, 0.25) is 0 Å². The zero-order valence-electron chi connectivity index (χ0n) is 14.7. The number of amides is 1. The average molecular weight is 414 g/mol. The Hall–Kier alpha value is -2.16. The lowest BCUT2D eigenvalue weighted by Gasteiger charge is -2.23. The van der Waals surface area contributed by atoms with Crippen LogP contribution in [0, 0.1) is 5.82 Å². The monoisotopic (exact) mass is 413 g/mol. The number of hydrogen-bond donors (Lipinski definition) is 2. The Morgan fingerprint density at radius 3 is 2.44 bits per heavy atom. The van der Waals surface area contributed by atoms with Crippen molar-refractivity contribution in [2.45, 2.75) is 17.4 Å². The lowest BCUT2D eigenvalue weighted by molar-refractivity contribution is 0.0743. The number of likely N-dealkylation sites (N-methyl/N-ethyl adjacent to an activating group) is 1. The molecule has 1 aliphatic heterocycles. The van der Waals surface area contributed by atoms with Gasteiger partial charge < -0.3 is 10.2 Å². The van der Waals surface area contributed by atoms with E-state index in [0.29, 0.717) is 5.56 Å². The molecule has 1 saturated heterocycles. The minimum absolute atomic E-state index is 0. The molecule has 2 N–H and O–H groups in total. The Kier molecular flexibility index (Phi) is 6.80. The quantitative estimate of drug-likeness (QED) is 0.789. The van der Waals surface area contributed by atoms with E-state index in [1.165, 1.54) is 48.5 Å². The number of carbonyl (C=O) groups excluding carboxylic acids is 1.